The van der Waals surface area contributed by atoms with Gasteiger partial charge in [0, 0.05) is 6.54 Å². The lowest BCUT2D eigenvalue weighted by molar-refractivity contribution is -0.203. The minimum Gasteiger partial charge on any atom is -0.393 e. The van der Waals surface area contributed by atoms with Crippen LogP contribution < -0.4 is 10.0 Å². The van der Waals surface area contributed by atoms with E-state index in [1.165, 1.54) is 6.07 Å². The van der Waals surface area contributed by atoms with Gasteiger partial charge >= 0.3 is 6.03 Å². The molecule has 242 valence electrons. The van der Waals surface area contributed by atoms with Gasteiger partial charge in [-0.1, -0.05) is 67.0 Å². The molecule has 0 spiro atoms. The zero-order valence-corrected chi connectivity index (χ0v) is 28.2. The average Bonchev–Trinajstić information content (AvgIpc) is 3.29. The van der Waals surface area contributed by atoms with Crippen LogP contribution in [0.4, 0.5) is 4.79 Å². The normalized spacial score (nSPS) is 40.1. The molecular weight excluding hydrogens is 560 g/mol. The molecule has 1 aromatic carbocycles. The fraction of sp³-hybridized carbons (Fsp3) is 0.800. The van der Waals surface area contributed by atoms with Crippen LogP contribution in [0.2, 0.25) is 0 Å². The summed E-state index contributed by atoms with van der Waals surface area (Å²) in [6, 6.07) is 6.07. The maximum atomic E-state index is 13.0. The van der Waals surface area contributed by atoms with Crippen LogP contribution in [-0.2, 0) is 15.4 Å². The third-order valence-electron chi connectivity index (χ3n) is 13.0. The van der Waals surface area contributed by atoms with Gasteiger partial charge in [0.2, 0.25) is 0 Å². The molecule has 7 nitrogen and oxygen atoms in total. The quantitative estimate of drug-likeness (QED) is 0.302. The number of fused-ring (bicyclic) bond motifs is 5. The number of benzene rings is 1. The monoisotopic (exact) mass is 616 g/mol. The number of hydrogen-bond donors (Lipinski definition) is 4. The summed E-state index contributed by atoms with van der Waals surface area (Å²) >= 11 is 0. The van der Waals surface area contributed by atoms with Crippen molar-refractivity contribution in [1.82, 2.24) is 10.0 Å². The van der Waals surface area contributed by atoms with Gasteiger partial charge < -0.3 is 15.5 Å². The number of aliphatic hydroxyl groups excluding tert-OH is 2. The Balaban J connectivity index is 1.25. The van der Waals surface area contributed by atoms with Crippen LogP contribution in [-0.4, -0.2) is 43.4 Å². The molecule has 0 bridgehead atoms. The van der Waals surface area contributed by atoms with Crippen molar-refractivity contribution >= 4 is 16.1 Å². The molecule has 4 aliphatic carbocycles. The summed E-state index contributed by atoms with van der Waals surface area (Å²) in [7, 11) is -3.99. The van der Waals surface area contributed by atoms with Crippen molar-refractivity contribution in [2.24, 2.45) is 52.3 Å². The number of rotatable bonds is 6. The summed E-state index contributed by atoms with van der Waals surface area (Å²) in [5.41, 5.74) is 0.935. The molecule has 1 unspecified atom stereocenters. The summed E-state index contributed by atoms with van der Waals surface area (Å²) in [6.07, 6.45) is 7.50. The van der Waals surface area contributed by atoms with E-state index in [1.54, 1.807) is 12.1 Å². The predicted molar refractivity (Wildman–Crippen MR) is 170 cm³/mol. The Labute approximate surface area is 260 Å². The fourth-order valence-electron chi connectivity index (χ4n) is 10.7. The molecule has 0 aromatic heterocycles. The second kappa shape index (κ2) is 11.6. The van der Waals surface area contributed by atoms with Gasteiger partial charge in [-0.05, 0) is 120 Å². The lowest BCUT2D eigenvalue weighted by atomic mass is 9.41. The van der Waals surface area contributed by atoms with Crippen LogP contribution in [0.25, 0.3) is 0 Å². The van der Waals surface area contributed by atoms with E-state index in [9.17, 15) is 23.4 Å². The van der Waals surface area contributed by atoms with Crippen molar-refractivity contribution in [1.29, 1.82) is 0 Å². The first kappa shape index (κ1) is 32.7. The zero-order chi connectivity index (χ0) is 31.5. The Morgan fingerprint density at radius 3 is 2.37 bits per heavy atom. The highest BCUT2D eigenvalue weighted by Crippen LogP contribution is 2.69. The van der Waals surface area contributed by atoms with E-state index < -0.39 is 16.1 Å². The standard InChI is InChI=1S/C35H56N2O5S/c1-8-25-29-19-23(38)14-16-35(29,7)28-15-17-34(6)26(12-13-27(34)30(28)31(25)39)21(2)20-36-32(40)37-43(41,42)24-11-9-10-22(18-24)33(3,4)5/h9-11,18,21,23,25-31,38-39H,8,12-17,19-20H2,1-7H3,(H2,36,37,40)/t21-,23-,25-,26-,27+,28+,29+,30+,31-,34-,35?/m1/s1. The molecular formula is C35H56N2O5S. The van der Waals surface area contributed by atoms with E-state index >= 15 is 0 Å². The number of urea groups is 1. The summed E-state index contributed by atoms with van der Waals surface area (Å²) in [5.74, 6) is 2.40. The molecule has 0 radical (unpaired) electrons. The first-order valence-electron chi connectivity index (χ1n) is 16.8. The molecule has 2 amide bonds. The van der Waals surface area contributed by atoms with Gasteiger partial charge in [-0.15, -0.1) is 0 Å². The number of carbonyl (C=O) groups excluding carboxylic acids is 1. The third-order valence-corrected chi connectivity index (χ3v) is 14.3. The van der Waals surface area contributed by atoms with Crippen molar-refractivity contribution in [3.05, 3.63) is 29.8 Å². The molecule has 1 aromatic rings. The number of nitrogens with one attached hydrogen (secondary N) is 2. The lowest BCUT2D eigenvalue weighted by Gasteiger charge is -2.64. The Hall–Kier alpha value is -1.64. The molecule has 8 heteroatoms. The van der Waals surface area contributed by atoms with Crippen LogP contribution in [0, 0.1) is 52.3 Å². The smallest absolute Gasteiger partial charge is 0.328 e. The van der Waals surface area contributed by atoms with Crippen molar-refractivity contribution in [3.63, 3.8) is 0 Å². The van der Waals surface area contributed by atoms with Gasteiger partial charge in [0.1, 0.15) is 0 Å². The van der Waals surface area contributed by atoms with Crippen molar-refractivity contribution < 1.29 is 23.4 Å². The lowest BCUT2D eigenvalue weighted by Crippen LogP contribution is -2.62. The molecule has 0 heterocycles. The molecule has 0 aliphatic heterocycles. The predicted octanol–water partition coefficient (Wildman–Crippen LogP) is 6.23. The van der Waals surface area contributed by atoms with Gasteiger partial charge in [0.25, 0.3) is 10.0 Å². The summed E-state index contributed by atoms with van der Waals surface area (Å²) < 4.78 is 28.2. The molecule has 0 saturated heterocycles. The van der Waals surface area contributed by atoms with Gasteiger partial charge in [-0.25, -0.2) is 17.9 Å². The number of amides is 2. The second-order valence-corrected chi connectivity index (χ2v) is 17.9. The first-order valence-corrected chi connectivity index (χ1v) is 18.3. The van der Waals surface area contributed by atoms with Crippen LogP contribution in [0.3, 0.4) is 0 Å². The van der Waals surface area contributed by atoms with Crippen LogP contribution >= 0.6 is 0 Å². The highest BCUT2D eigenvalue weighted by Gasteiger charge is 2.64. The minimum absolute atomic E-state index is 0.0782. The molecule has 5 rings (SSSR count). The Morgan fingerprint density at radius 2 is 1.70 bits per heavy atom. The van der Waals surface area contributed by atoms with E-state index in [2.05, 4.69) is 37.7 Å². The molecule has 11 atom stereocenters. The highest BCUT2D eigenvalue weighted by atomic mass is 32.2. The third kappa shape index (κ3) is 5.78. The molecule has 4 saturated carbocycles. The van der Waals surface area contributed by atoms with E-state index in [-0.39, 0.29) is 51.1 Å². The van der Waals surface area contributed by atoms with Crippen LogP contribution in [0.15, 0.2) is 29.2 Å². The average molecular weight is 617 g/mol. The topological polar surface area (TPSA) is 116 Å². The summed E-state index contributed by atoms with van der Waals surface area (Å²) in [6.45, 7) is 15.7. The van der Waals surface area contributed by atoms with Crippen molar-refractivity contribution in [2.75, 3.05) is 6.54 Å². The van der Waals surface area contributed by atoms with Gasteiger partial charge in [-0.3, -0.25) is 0 Å². The van der Waals surface area contributed by atoms with Gasteiger partial charge in [0.05, 0.1) is 17.1 Å². The number of aliphatic hydroxyl groups is 2. The maximum Gasteiger partial charge on any atom is 0.328 e. The second-order valence-electron chi connectivity index (χ2n) is 16.2. The minimum atomic E-state index is -3.99. The molecule has 4 aliphatic rings. The van der Waals surface area contributed by atoms with E-state index in [0.29, 0.717) is 30.2 Å². The number of sulfonamides is 1. The Morgan fingerprint density at radius 1 is 1.02 bits per heavy atom. The molecule has 4 N–H and O–H groups in total. The summed E-state index contributed by atoms with van der Waals surface area (Å²) in [4.78, 5) is 12.9. The molecule has 4 fully saturated rings. The number of carbonyl (C=O) groups is 1. The van der Waals surface area contributed by atoms with Crippen molar-refractivity contribution in [3.8, 4) is 0 Å². The van der Waals surface area contributed by atoms with Crippen molar-refractivity contribution in [2.45, 2.75) is 122 Å². The van der Waals surface area contributed by atoms with E-state index in [0.717, 1.165) is 56.9 Å². The zero-order valence-electron chi connectivity index (χ0n) is 27.4. The fourth-order valence-corrected chi connectivity index (χ4v) is 11.6. The van der Waals surface area contributed by atoms with E-state index in [4.69, 9.17) is 0 Å². The van der Waals surface area contributed by atoms with Crippen LogP contribution in [0.1, 0.15) is 105 Å². The SMILES string of the molecule is CC[C@H]1[C@@H](O)[C@@H]2[C@H](CC[C@]3(C)[C@@H]([C@H](C)CNC(=O)NS(=O)(=O)c4cccc(C(C)(C)C)c4)CC[C@@H]23)C2(C)CC[C@@H](O)C[C@@H]12. The van der Waals surface area contributed by atoms with Gasteiger partial charge in [-0.2, -0.15) is 0 Å². The van der Waals surface area contributed by atoms with E-state index in [1.807, 2.05) is 26.8 Å². The Kier molecular flexibility index (Phi) is 8.85. The maximum absolute atomic E-state index is 13.0. The van der Waals surface area contributed by atoms with Crippen LogP contribution in [0.5, 0.6) is 0 Å². The summed E-state index contributed by atoms with van der Waals surface area (Å²) in [5, 5.41) is 25.3. The largest absolute Gasteiger partial charge is 0.393 e. The Bertz CT molecular complexity index is 1290. The first-order chi connectivity index (χ1) is 20.0. The van der Waals surface area contributed by atoms with Gasteiger partial charge in [0.15, 0.2) is 0 Å². The highest BCUT2D eigenvalue weighted by molar-refractivity contribution is 7.90. The molecule has 43 heavy (non-hydrogen) atoms. The number of hydrogen-bond acceptors (Lipinski definition) is 5.